The zero-order chi connectivity index (χ0) is 35.7. The quantitative estimate of drug-likeness (QED) is 0.110. The Bertz CT molecular complexity index is 2180. The second kappa shape index (κ2) is 16.3. The third-order valence-corrected chi connectivity index (χ3v) is 9.87. The van der Waals surface area contributed by atoms with E-state index in [1.807, 2.05) is 30.3 Å². The van der Waals surface area contributed by atoms with Crippen LogP contribution in [0.25, 0.3) is 55.7 Å². The van der Waals surface area contributed by atoms with Crippen LogP contribution in [0, 0.1) is 0 Å². The van der Waals surface area contributed by atoms with Gasteiger partial charge >= 0.3 is 12.2 Å². The van der Waals surface area contributed by atoms with E-state index in [9.17, 15) is 19.2 Å². The second-order valence-electron chi connectivity index (χ2n) is 11.3. The number of hydrogen-bond donors (Lipinski definition) is 4. The first kappa shape index (κ1) is 35.1. The highest BCUT2D eigenvalue weighted by Crippen LogP contribution is 2.30. The van der Waals surface area contributed by atoms with Crippen molar-refractivity contribution in [2.24, 2.45) is 0 Å². The molecule has 12 nitrogen and oxygen atoms in total. The third-order valence-electron chi connectivity index (χ3n) is 7.92. The summed E-state index contributed by atoms with van der Waals surface area (Å²) in [5.41, 5.74) is 10.8. The summed E-state index contributed by atoms with van der Waals surface area (Å²) in [6, 6.07) is 30.9. The number of alkyl carbamates (subject to hydrolysis) is 2. The van der Waals surface area contributed by atoms with E-state index in [-0.39, 0.29) is 47.7 Å². The molecule has 0 fully saturated rings. The molecule has 2 unspecified atom stereocenters. The molecule has 258 valence electrons. The number of nitrogens with zero attached hydrogens (tertiary/aromatic N) is 2. The Balaban J connectivity index is 1.05. The van der Waals surface area contributed by atoms with Gasteiger partial charge < -0.3 is 30.1 Å². The lowest BCUT2D eigenvalue weighted by Gasteiger charge is -2.08. The Labute approximate surface area is 296 Å². The van der Waals surface area contributed by atoms with E-state index >= 15 is 0 Å². The summed E-state index contributed by atoms with van der Waals surface area (Å²) in [6.45, 7) is 0.111. The number of nitrogens with one attached hydrogen (secondary N) is 4. The first-order chi connectivity index (χ1) is 24.8. The number of rotatable bonds is 13. The van der Waals surface area contributed by atoms with Gasteiger partial charge in [0.1, 0.15) is 11.1 Å². The van der Waals surface area contributed by atoms with Crippen molar-refractivity contribution < 1.29 is 28.7 Å². The van der Waals surface area contributed by atoms with Crippen molar-refractivity contribution in [3.8, 4) is 44.6 Å². The predicted molar refractivity (Wildman–Crippen MR) is 201 cm³/mol. The maximum atomic E-state index is 12.3. The van der Waals surface area contributed by atoms with Gasteiger partial charge in [-0.1, -0.05) is 78.9 Å². The first-order valence-corrected chi connectivity index (χ1v) is 17.9. The van der Waals surface area contributed by atoms with E-state index in [1.54, 1.807) is 6.20 Å². The van der Waals surface area contributed by atoms with Gasteiger partial charge in [0.25, 0.3) is 0 Å². The lowest BCUT2D eigenvalue weighted by molar-refractivity contribution is -0.111. The number of H-pyrrole nitrogens is 2. The Morgan fingerprint density at radius 2 is 1.14 bits per heavy atom. The maximum Gasteiger partial charge on any atom is 0.407 e. The van der Waals surface area contributed by atoms with E-state index in [1.165, 1.54) is 14.2 Å². The van der Waals surface area contributed by atoms with Crippen LogP contribution in [-0.2, 0) is 19.1 Å². The van der Waals surface area contributed by atoms with Crippen molar-refractivity contribution in [3.63, 3.8) is 0 Å². The summed E-state index contributed by atoms with van der Waals surface area (Å²) in [6.07, 6.45) is 0.732. The lowest BCUT2D eigenvalue weighted by Crippen LogP contribution is -2.28. The standard InChI is InChI=1S/C37H34N6O6P2/c1-48-36(46)38-18-17-32(44)50-34-39-20-31(43-34)27-13-11-25(12-14-27)23-5-3-22(4-6-23)24-7-9-26(10-8-24)28-15-16-29-30(19-28)42-35(41-29)51-33(45)21-40-37(47)49-2/h3-16,19-20,50-51H,17-18,21H2,1-2H3,(H,38,46)(H,39,43)(H,40,47)(H,41,42). The summed E-state index contributed by atoms with van der Waals surface area (Å²) >= 11 is 0. The Morgan fingerprint density at radius 1 is 0.627 bits per heavy atom. The van der Waals surface area contributed by atoms with E-state index in [0.717, 1.165) is 55.7 Å². The highest BCUT2D eigenvalue weighted by molar-refractivity contribution is 7.65. The SMILES string of the molecule is COC(=O)NCCC(=O)Pc1ncc(-c2ccc(-c3ccc(-c4ccc(-c5ccc6nc(PC(=O)CNC(=O)OC)[nH]c6c5)cc4)cc3)cc2)[nH]1. The summed E-state index contributed by atoms with van der Waals surface area (Å²) in [5.74, 6) is 0. The Kier molecular flexibility index (Phi) is 11.3. The number of amides is 2. The topological polar surface area (TPSA) is 168 Å². The molecule has 2 amide bonds. The van der Waals surface area contributed by atoms with Gasteiger partial charge in [-0.25, -0.2) is 19.6 Å². The molecule has 0 bridgehead atoms. The molecule has 4 aromatic carbocycles. The summed E-state index contributed by atoms with van der Waals surface area (Å²) in [5, 5.41) is 4.90. The molecule has 0 radical (unpaired) electrons. The molecule has 0 aliphatic rings. The van der Waals surface area contributed by atoms with Gasteiger partial charge in [0, 0.05) is 30.1 Å². The number of ether oxygens (including phenoxy) is 2. The van der Waals surface area contributed by atoms with Crippen molar-refractivity contribution in [3.05, 3.63) is 97.2 Å². The monoisotopic (exact) mass is 720 g/mol. The van der Waals surface area contributed by atoms with Crippen LogP contribution in [0.1, 0.15) is 6.42 Å². The summed E-state index contributed by atoms with van der Waals surface area (Å²) < 4.78 is 9.01. The van der Waals surface area contributed by atoms with Crippen molar-refractivity contribution in [2.45, 2.75) is 6.42 Å². The van der Waals surface area contributed by atoms with E-state index in [4.69, 9.17) is 0 Å². The van der Waals surface area contributed by atoms with Crippen LogP contribution < -0.4 is 21.8 Å². The van der Waals surface area contributed by atoms with Crippen LogP contribution >= 0.6 is 17.2 Å². The molecule has 0 aliphatic heterocycles. The number of aromatic amines is 2. The number of fused-ring (bicyclic) bond motifs is 1. The minimum Gasteiger partial charge on any atom is -0.453 e. The van der Waals surface area contributed by atoms with Crippen molar-refractivity contribution >= 4 is 62.6 Å². The minimum atomic E-state index is -0.645. The van der Waals surface area contributed by atoms with Crippen LogP contribution in [0.5, 0.6) is 0 Å². The maximum absolute atomic E-state index is 12.3. The van der Waals surface area contributed by atoms with Gasteiger partial charge in [-0.2, -0.15) is 0 Å². The van der Waals surface area contributed by atoms with Crippen molar-refractivity contribution in [1.29, 1.82) is 0 Å². The molecule has 2 aromatic heterocycles. The molecule has 0 aliphatic carbocycles. The van der Waals surface area contributed by atoms with Crippen LogP contribution in [-0.4, -0.2) is 70.5 Å². The average molecular weight is 721 g/mol. The van der Waals surface area contributed by atoms with E-state index < -0.39 is 12.2 Å². The molecule has 0 spiro atoms. The molecule has 51 heavy (non-hydrogen) atoms. The fourth-order valence-electron chi connectivity index (χ4n) is 5.28. The zero-order valence-corrected chi connectivity index (χ0v) is 29.7. The molecule has 6 rings (SSSR count). The van der Waals surface area contributed by atoms with Crippen LogP contribution in [0.4, 0.5) is 9.59 Å². The molecule has 0 saturated heterocycles. The number of carbonyl (C=O) groups excluding carboxylic acids is 4. The highest BCUT2D eigenvalue weighted by atomic mass is 31.1. The van der Waals surface area contributed by atoms with Crippen LogP contribution in [0.3, 0.4) is 0 Å². The first-order valence-electron chi connectivity index (χ1n) is 15.9. The number of hydrogen-bond acceptors (Lipinski definition) is 8. The highest BCUT2D eigenvalue weighted by Gasteiger charge is 2.12. The molecular formula is C37H34N6O6P2. The third kappa shape index (κ3) is 9.11. The lowest BCUT2D eigenvalue weighted by atomic mass is 9.97. The smallest absolute Gasteiger partial charge is 0.407 e. The summed E-state index contributed by atoms with van der Waals surface area (Å²) in [4.78, 5) is 62.2. The van der Waals surface area contributed by atoms with Gasteiger partial charge in [-0.15, -0.1) is 0 Å². The van der Waals surface area contributed by atoms with Crippen molar-refractivity contribution in [1.82, 2.24) is 30.6 Å². The molecule has 4 N–H and O–H groups in total. The number of benzene rings is 4. The Hall–Kier alpha value is -5.70. The second-order valence-corrected chi connectivity index (χ2v) is 13.9. The number of aromatic nitrogens is 4. The molecule has 14 heteroatoms. The largest absolute Gasteiger partial charge is 0.453 e. The molecule has 6 aromatic rings. The van der Waals surface area contributed by atoms with Gasteiger partial charge in [0.05, 0.1) is 43.7 Å². The van der Waals surface area contributed by atoms with Gasteiger partial charge in [0.15, 0.2) is 11.0 Å². The van der Waals surface area contributed by atoms with E-state index in [0.29, 0.717) is 11.1 Å². The zero-order valence-electron chi connectivity index (χ0n) is 27.7. The predicted octanol–water partition coefficient (Wildman–Crippen LogP) is 5.72. The average Bonchev–Trinajstić information content (AvgIpc) is 3.80. The number of carbonyl (C=O) groups is 4. The normalized spacial score (nSPS) is 11.3. The van der Waals surface area contributed by atoms with Crippen molar-refractivity contribution in [2.75, 3.05) is 27.3 Å². The minimum absolute atomic E-state index is 0.00931. The van der Waals surface area contributed by atoms with Crippen LogP contribution in [0.2, 0.25) is 0 Å². The fraction of sp³-hybridized carbons (Fsp3) is 0.135. The Morgan fingerprint density at radius 3 is 1.73 bits per heavy atom. The van der Waals surface area contributed by atoms with Crippen LogP contribution in [0.15, 0.2) is 97.2 Å². The summed E-state index contributed by atoms with van der Waals surface area (Å²) in [7, 11) is 2.20. The fourth-order valence-corrected chi connectivity index (χ4v) is 6.93. The van der Waals surface area contributed by atoms with Gasteiger partial charge in [-0.3, -0.25) is 9.59 Å². The van der Waals surface area contributed by atoms with Gasteiger partial charge in [-0.05, 0) is 51.1 Å². The molecular weight excluding hydrogens is 686 g/mol. The molecule has 0 saturated carbocycles. The number of methoxy groups -OCH3 is 2. The number of imidazole rings is 2. The molecule has 2 atom stereocenters. The van der Waals surface area contributed by atoms with Gasteiger partial charge in [0.2, 0.25) is 0 Å². The molecule has 2 heterocycles. The van der Waals surface area contributed by atoms with E-state index in [2.05, 4.69) is 101 Å².